The lowest BCUT2D eigenvalue weighted by atomic mass is 9.85. The van der Waals surface area contributed by atoms with E-state index in [1.807, 2.05) is 0 Å². The highest BCUT2D eigenvalue weighted by Crippen LogP contribution is 2.43. The van der Waals surface area contributed by atoms with Crippen LogP contribution in [0.4, 0.5) is 0 Å². The zero-order chi connectivity index (χ0) is 12.8. The van der Waals surface area contributed by atoms with Gasteiger partial charge >= 0.3 is 0 Å². The zero-order valence-electron chi connectivity index (χ0n) is 11.5. The molecule has 1 aromatic rings. The Morgan fingerprint density at radius 3 is 2.67 bits per heavy atom. The lowest BCUT2D eigenvalue weighted by Crippen LogP contribution is -2.08. The maximum Gasteiger partial charge on any atom is 0.0260 e. The average Bonchev–Trinajstić information content (AvgIpc) is 2.43. The van der Waals surface area contributed by atoms with Crippen LogP contribution in [0.5, 0.6) is 0 Å². The third-order valence-electron chi connectivity index (χ3n) is 3.65. The number of fused-ring (bicyclic) bond motifs is 1. The fourth-order valence-electron chi connectivity index (χ4n) is 2.57. The largest absolute Gasteiger partial charge is 0.0886 e. The molecular weight excluding hydrogens is 236 g/mol. The van der Waals surface area contributed by atoms with Crippen molar-refractivity contribution in [2.45, 2.75) is 63.2 Å². The summed E-state index contributed by atoms with van der Waals surface area (Å²) in [5.41, 5.74) is 3.09. The van der Waals surface area contributed by atoms with E-state index in [2.05, 4.69) is 43.5 Å². The molecule has 1 radical (unpaired) electrons. The summed E-state index contributed by atoms with van der Waals surface area (Å²) in [5, 5.41) is 3.60. The van der Waals surface area contributed by atoms with E-state index in [1.165, 1.54) is 43.4 Å². The van der Waals surface area contributed by atoms with Gasteiger partial charge in [-0.3, -0.25) is 0 Å². The molecule has 0 aliphatic carbocycles. The first kappa shape index (κ1) is 13.7. The van der Waals surface area contributed by atoms with Crippen LogP contribution in [0.2, 0.25) is 0 Å². The summed E-state index contributed by atoms with van der Waals surface area (Å²) in [5.74, 6) is 0.633. The molecular formula is C17H23S. The maximum atomic E-state index is 3.60. The Balaban J connectivity index is 2.18. The maximum absolute atomic E-state index is 3.60. The molecule has 0 bridgehead atoms. The monoisotopic (exact) mass is 259 g/mol. The van der Waals surface area contributed by atoms with Gasteiger partial charge in [-0.25, -0.2) is 0 Å². The third-order valence-corrected chi connectivity index (χ3v) is 4.61. The SMILES string of the molecule is CCCCC1=[C]Sc2ccccc2C1CCCC. The minimum atomic E-state index is 0.633. The number of hydrogen-bond donors (Lipinski definition) is 0. The summed E-state index contributed by atoms with van der Waals surface area (Å²) in [7, 11) is 0. The molecule has 0 nitrogen and oxygen atoms in total. The number of benzene rings is 1. The van der Waals surface area contributed by atoms with E-state index in [4.69, 9.17) is 0 Å². The Kier molecular flexibility index (Phi) is 5.37. The molecule has 0 aromatic heterocycles. The van der Waals surface area contributed by atoms with Crippen molar-refractivity contribution in [1.29, 1.82) is 0 Å². The van der Waals surface area contributed by atoms with E-state index in [-0.39, 0.29) is 0 Å². The Bertz CT molecular complexity index is 406. The lowest BCUT2D eigenvalue weighted by Gasteiger charge is -2.26. The van der Waals surface area contributed by atoms with Crippen LogP contribution in [0.1, 0.15) is 63.9 Å². The summed E-state index contributed by atoms with van der Waals surface area (Å²) in [4.78, 5) is 1.42. The molecule has 0 spiro atoms. The fraction of sp³-hybridized carbons (Fsp3) is 0.529. The van der Waals surface area contributed by atoms with Gasteiger partial charge in [0.2, 0.25) is 0 Å². The van der Waals surface area contributed by atoms with E-state index >= 15 is 0 Å². The van der Waals surface area contributed by atoms with Crippen molar-refractivity contribution in [3.05, 3.63) is 40.8 Å². The summed E-state index contributed by atoms with van der Waals surface area (Å²) < 4.78 is 0. The van der Waals surface area contributed by atoms with Crippen LogP contribution in [0.3, 0.4) is 0 Å². The van der Waals surface area contributed by atoms with Gasteiger partial charge in [0.05, 0.1) is 0 Å². The molecule has 1 atom stereocenters. The van der Waals surface area contributed by atoms with Crippen molar-refractivity contribution in [3.63, 3.8) is 0 Å². The summed E-state index contributed by atoms with van der Waals surface area (Å²) in [6, 6.07) is 8.88. The van der Waals surface area contributed by atoms with Gasteiger partial charge in [0.1, 0.15) is 0 Å². The Hall–Kier alpha value is -0.690. The minimum absolute atomic E-state index is 0.633. The highest BCUT2D eigenvalue weighted by Gasteiger charge is 2.22. The molecule has 1 heteroatoms. The minimum Gasteiger partial charge on any atom is -0.0886 e. The molecule has 1 aliphatic rings. The van der Waals surface area contributed by atoms with Crippen LogP contribution >= 0.6 is 11.8 Å². The van der Waals surface area contributed by atoms with Gasteiger partial charge in [-0.05, 0) is 36.5 Å². The molecule has 1 unspecified atom stereocenters. The molecule has 0 fully saturated rings. The highest BCUT2D eigenvalue weighted by molar-refractivity contribution is 8.01. The lowest BCUT2D eigenvalue weighted by molar-refractivity contribution is 0.603. The van der Waals surface area contributed by atoms with Gasteiger partial charge in [0, 0.05) is 16.2 Å². The molecule has 18 heavy (non-hydrogen) atoms. The second-order valence-electron chi connectivity index (χ2n) is 5.07. The van der Waals surface area contributed by atoms with E-state index in [1.54, 1.807) is 22.9 Å². The first-order chi connectivity index (χ1) is 8.86. The molecule has 1 heterocycles. The average molecular weight is 259 g/mol. The fourth-order valence-corrected chi connectivity index (χ4v) is 3.53. The third kappa shape index (κ3) is 3.20. The molecule has 0 N–H and O–H groups in total. The number of allylic oxidation sites excluding steroid dienone is 1. The predicted octanol–water partition coefficient (Wildman–Crippen LogP) is 5.94. The second-order valence-corrected chi connectivity index (χ2v) is 5.91. The van der Waals surface area contributed by atoms with E-state index in [0.29, 0.717) is 5.92 Å². The molecule has 97 valence electrons. The summed E-state index contributed by atoms with van der Waals surface area (Å²) in [6.45, 7) is 4.55. The van der Waals surface area contributed by atoms with Crippen molar-refractivity contribution in [1.82, 2.24) is 0 Å². The molecule has 0 amide bonds. The van der Waals surface area contributed by atoms with Crippen molar-refractivity contribution in [2.75, 3.05) is 0 Å². The molecule has 1 aliphatic heterocycles. The second kappa shape index (κ2) is 7.04. The van der Waals surface area contributed by atoms with Crippen LogP contribution in [0.15, 0.2) is 34.7 Å². The smallest absolute Gasteiger partial charge is 0.0260 e. The first-order valence-electron chi connectivity index (χ1n) is 7.24. The van der Waals surface area contributed by atoms with Crippen molar-refractivity contribution in [2.24, 2.45) is 0 Å². The highest BCUT2D eigenvalue weighted by atomic mass is 32.2. The van der Waals surface area contributed by atoms with Crippen LogP contribution < -0.4 is 0 Å². The Labute approximate surface area is 116 Å². The van der Waals surface area contributed by atoms with E-state index in [9.17, 15) is 0 Å². The number of unbranched alkanes of at least 4 members (excludes halogenated alkanes) is 2. The Morgan fingerprint density at radius 1 is 1.11 bits per heavy atom. The van der Waals surface area contributed by atoms with Crippen LogP contribution in [0, 0.1) is 5.41 Å². The van der Waals surface area contributed by atoms with E-state index in [0.717, 1.165) is 0 Å². The molecule has 0 saturated heterocycles. The van der Waals surface area contributed by atoms with Crippen molar-refractivity contribution in [3.8, 4) is 0 Å². The quantitative estimate of drug-likeness (QED) is 0.609. The normalized spacial score (nSPS) is 18.3. The summed E-state index contributed by atoms with van der Waals surface area (Å²) >= 11 is 1.80. The number of hydrogen-bond acceptors (Lipinski definition) is 1. The summed E-state index contributed by atoms with van der Waals surface area (Å²) in [6.07, 6.45) is 7.70. The van der Waals surface area contributed by atoms with Crippen LogP contribution in [-0.2, 0) is 0 Å². The van der Waals surface area contributed by atoms with Gasteiger partial charge in [-0.15, -0.1) is 0 Å². The topological polar surface area (TPSA) is 0 Å². The van der Waals surface area contributed by atoms with Gasteiger partial charge in [0.25, 0.3) is 0 Å². The first-order valence-corrected chi connectivity index (χ1v) is 8.06. The zero-order valence-corrected chi connectivity index (χ0v) is 12.4. The predicted molar refractivity (Wildman–Crippen MR) is 80.8 cm³/mol. The molecule has 0 saturated carbocycles. The van der Waals surface area contributed by atoms with Crippen LogP contribution in [-0.4, -0.2) is 0 Å². The van der Waals surface area contributed by atoms with Gasteiger partial charge in [0.15, 0.2) is 0 Å². The van der Waals surface area contributed by atoms with Gasteiger partial charge in [-0.2, -0.15) is 0 Å². The van der Waals surface area contributed by atoms with E-state index < -0.39 is 0 Å². The number of thioether (sulfide) groups is 1. The molecule has 2 rings (SSSR count). The Morgan fingerprint density at radius 2 is 1.89 bits per heavy atom. The van der Waals surface area contributed by atoms with Gasteiger partial charge < -0.3 is 0 Å². The van der Waals surface area contributed by atoms with Crippen LogP contribution in [0.25, 0.3) is 0 Å². The standard InChI is InChI=1S/C17H23S/c1-3-5-9-14-13-18-17-12-8-7-11-16(17)15(14)10-6-4-2/h7-8,11-12,15H,3-6,9-10H2,1-2H3. The van der Waals surface area contributed by atoms with Gasteiger partial charge in [-0.1, -0.05) is 63.1 Å². The van der Waals surface area contributed by atoms with Crippen molar-refractivity contribution >= 4 is 11.8 Å². The molecule has 1 aromatic carbocycles. The number of rotatable bonds is 6. The van der Waals surface area contributed by atoms with Crippen molar-refractivity contribution < 1.29 is 0 Å².